The maximum absolute atomic E-state index is 9.50. The van der Waals surface area contributed by atoms with Crippen molar-refractivity contribution in [3.63, 3.8) is 0 Å². The highest BCUT2D eigenvalue weighted by atomic mass is 15.1. The molecule has 9 rings (SSSR count). The molecule has 47 heavy (non-hydrogen) atoms. The Bertz CT molecular complexity index is 3200. The lowest BCUT2D eigenvalue weighted by Crippen LogP contribution is -1.99. The number of fused-ring (bicyclic) bond motifs is 3. The van der Waals surface area contributed by atoms with E-state index >= 15 is 0 Å². The van der Waals surface area contributed by atoms with Gasteiger partial charge in [-0.25, -0.2) is 4.98 Å². The molecule has 9 aromatic rings. The van der Waals surface area contributed by atoms with Gasteiger partial charge in [-0.1, -0.05) is 151 Å². The first-order chi connectivity index (χ1) is 28.7. The molecule has 0 N–H and O–H groups in total. The molecule has 0 radical (unpaired) electrons. The van der Waals surface area contributed by atoms with Crippen molar-refractivity contribution in [2.24, 2.45) is 0 Å². The number of hydrogen-bond donors (Lipinski definition) is 0. The number of aromatic nitrogens is 2. The molecule has 0 aliphatic heterocycles. The lowest BCUT2D eigenvalue weighted by atomic mass is 9.84. The van der Waals surface area contributed by atoms with Crippen molar-refractivity contribution in [2.45, 2.75) is 0 Å². The second-order valence-corrected chi connectivity index (χ2v) is 11.0. The molecular formula is C45H30N2. The monoisotopic (exact) mass is 611 g/mol. The van der Waals surface area contributed by atoms with E-state index in [2.05, 4.69) is 0 Å². The van der Waals surface area contributed by atoms with Gasteiger partial charge in [-0.15, -0.1) is 0 Å². The Morgan fingerprint density at radius 2 is 1.00 bits per heavy atom. The van der Waals surface area contributed by atoms with Crippen LogP contribution >= 0.6 is 0 Å². The number of hydrogen-bond acceptors (Lipinski definition) is 1. The summed E-state index contributed by atoms with van der Waals surface area (Å²) in [7, 11) is 0. The summed E-state index contributed by atoms with van der Waals surface area (Å²) in [6, 6.07) is 23.8. The van der Waals surface area contributed by atoms with E-state index in [0.29, 0.717) is 22.2 Å². The van der Waals surface area contributed by atoms with Gasteiger partial charge in [0.2, 0.25) is 0 Å². The Labute approximate surface area is 292 Å². The summed E-state index contributed by atoms with van der Waals surface area (Å²) in [6.45, 7) is 0. The van der Waals surface area contributed by atoms with Gasteiger partial charge < -0.3 is 0 Å². The van der Waals surface area contributed by atoms with Crippen LogP contribution in [0.2, 0.25) is 0 Å². The quantitative estimate of drug-likeness (QED) is 0.177. The van der Waals surface area contributed by atoms with Gasteiger partial charge in [0.15, 0.2) is 0 Å². The minimum atomic E-state index is -0.573. The molecule has 0 atom stereocenters. The van der Waals surface area contributed by atoms with Gasteiger partial charge in [-0.2, -0.15) is 0 Å². The van der Waals surface area contributed by atoms with Crippen LogP contribution in [0.15, 0.2) is 182 Å². The summed E-state index contributed by atoms with van der Waals surface area (Å²) in [5.41, 5.74) is 3.59. The van der Waals surface area contributed by atoms with E-state index in [1.807, 2.05) is 42.5 Å². The van der Waals surface area contributed by atoms with Crippen molar-refractivity contribution < 1.29 is 17.8 Å². The van der Waals surface area contributed by atoms with Crippen molar-refractivity contribution in [1.29, 1.82) is 0 Å². The third-order valence-corrected chi connectivity index (χ3v) is 8.34. The number of nitrogens with zero attached hydrogens (tertiary/aromatic N) is 2. The number of para-hydroxylation sites is 3. The molecular weight excluding hydrogens is 569 g/mol. The van der Waals surface area contributed by atoms with Gasteiger partial charge in [0.05, 0.1) is 28.9 Å². The molecule has 0 aliphatic carbocycles. The van der Waals surface area contributed by atoms with E-state index in [4.69, 9.17) is 17.3 Å². The molecule has 220 valence electrons. The maximum Gasteiger partial charge on any atom is 0.146 e. The molecule has 1 aromatic heterocycles. The van der Waals surface area contributed by atoms with Gasteiger partial charge in [0, 0.05) is 11.3 Å². The van der Waals surface area contributed by atoms with E-state index in [1.165, 1.54) is 4.57 Å². The average Bonchev–Trinajstić information content (AvgIpc) is 3.65. The van der Waals surface area contributed by atoms with Crippen LogP contribution in [0.4, 0.5) is 0 Å². The molecule has 0 unspecified atom stereocenters. The van der Waals surface area contributed by atoms with Gasteiger partial charge in [-0.3, -0.25) is 4.57 Å². The summed E-state index contributed by atoms with van der Waals surface area (Å²) in [4.78, 5) is 4.94. The zero-order valence-electron chi connectivity index (χ0n) is 37.7. The number of benzene rings is 8. The number of imidazole rings is 1. The van der Waals surface area contributed by atoms with Crippen LogP contribution in [-0.4, -0.2) is 9.55 Å². The average molecular weight is 612 g/mol. The Morgan fingerprint density at radius 1 is 0.447 bits per heavy atom. The highest BCUT2D eigenvalue weighted by Crippen LogP contribution is 2.46. The molecule has 2 nitrogen and oxygen atoms in total. The predicted octanol–water partition coefficient (Wildman–Crippen LogP) is 12.0. The first-order valence-electron chi connectivity index (χ1n) is 21.5. The standard InChI is InChI=1S/C45H30N2/c1-3-16-31(17-4-1)32-18-15-19-33(30-32)43-35-22-7-9-24-37(35)44(38-25-10-8-23-36(38)43)39-26-11-12-27-40(39)45-46-41-28-13-14-29-42(41)47(45)34-20-5-2-6-21-34/h1-30H/i2D,5D,6D,7D,8D,9D,10D,20D,21D,22D,23D,24D,25D. The predicted molar refractivity (Wildman–Crippen MR) is 198 cm³/mol. The van der Waals surface area contributed by atoms with Crippen molar-refractivity contribution in [3.05, 3.63) is 182 Å². The molecule has 0 fully saturated rings. The minimum Gasteiger partial charge on any atom is -0.292 e. The van der Waals surface area contributed by atoms with E-state index in [0.717, 1.165) is 11.1 Å². The van der Waals surface area contributed by atoms with Crippen LogP contribution < -0.4 is 0 Å². The van der Waals surface area contributed by atoms with Gasteiger partial charge in [0.25, 0.3) is 0 Å². The molecule has 0 saturated carbocycles. The Morgan fingerprint density at radius 3 is 1.72 bits per heavy atom. The Balaban J connectivity index is 1.50. The second kappa shape index (κ2) is 11.3. The third kappa shape index (κ3) is 4.54. The molecule has 0 amide bonds. The lowest BCUT2D eigenvalue weighted by Gasteiger charge is -2.20. The van der Waals surface area contributed by atoms with Crippen LogP contribution in [-0.2, 0) is 0 Å². The molecule has 8 aromatic carbocycles. The van der Waals surface area contributed by atoms with E-state index < -0.39 is 78.6 Å². The lowest BCUT2D eigenvalue weighted by molar-refractivity contribution is 1.10. The van der Waals surface area contributed by atoms with Crippen LogP contribution in [0.5, 0.6) is 0 Å². The minimum absolute atomic E-state index is 0.00318. The maximum atomic E-state index is 9.50. The van der Waals surface area contributed by atoms with Crippen LogP contribution in [0.25, 0.3) is 83.0 Å². The fourth-order valence-corrected chi connectivity index (χ4v) is 6.35. The van der Waals surface area contributed by atoms with Gasteiger partial charge in [-0.05, 0) is 85.2 Å². The van der Waals surface area contributed by atoms with Crippen molar-refractivity contribution >= 4 is 32.6 Å². The zero-order chi connectivity index (χ0) is 42.5. The van der Waals surface area contributed by atoms with Crippen molar-refractivity contribution in [1.82, 2.24) is 9.55 Å². The summed E-state index contributed by atoms with van der Waals surface area (Å²) < 4.78 is 118. The molecule has 1 heterocycles. The SMILES string of the molecule is [2H]c1c([2H])c([2H])c(-n2c(-c3ccccc3-c3c4c([2H])c([2H])c([2H])c([2H])c4c(-c4cccc(-c5ccccc5)c4)c4c([2H])c([2H])c([2H])c([2H])c34)nc3ccccc32)c([2H])c1[2H]. The fourth-order valence-electron chi connectivity index (χ4n) is 6.35. The van der Waals surface area contributed by atoms with Crippen LogP contribution in [0.1, 0.15) is 17.8 Å². The Kier molecular flexibility index (Phi) is 4.05. The first-order valence-corrected chi connectivity index (χ1v) is 15.0. The molecule has 0 spiro atoms. The summed E-state index contributed by atoms with van der Waals surface area (Å²) in [6.07, 6.45) is 0. The largest absolute Gasteiger partial charge is 0.292 e. The van der Waals surface area contributed by atoms with E-state index in [1.54, 1.807) is 60.7 Å². The summed E-state index contributed by atoms with van der Waals surface area (Å²) >= 11 is 0. The van der Waals surface area contributed by atoms with Crippen LogP contribution in [0, 0.1) is 0 Å². The second-order valence-electron chi connectivity index (χ2n) is 11.0. The molecule has 0 aliphatic rings. The smallest absolute Gasteiger partial charge is 0.146 e. The van der Waals surface area contributed by atoms with E-state index in [-0.39, 0.29) is 49.7 Å². The van der Waals surface area contributed by atoms with E-state index in [9.17, 15) is 5.48 Å². The summed E-state index contributed by atoms with van der Waals surface area (Å²) in [5.74, 6) is 0.118. The van der Waals surface area contributed by atoms with Gasteiger partial charge in [0.1, 0.15) is 5.82 Å². The zero-order valence-corrected chi connectivity index (χ0v) is 24.7. The highest BCUT2D eigenvalue weighted by molar-refractivity contribution is 6.22. The molecule has 0 saturated heterocycles. The molecule has 0 bridgehead atoms. The highest BCUT2D eigenvalue weighted by Gasteiger charge is 2.22. The number of rotatable bonds is 5. The van der Waals surface area contributed by atoms with Crippen molar-refractivity contribution in [3.8, 4) is 50.5 Å². The first kappa shape index (κ1) is 16.9. The topological polar surface area (TPSA) is 17.8 Å². The normalized spacial score (nSPS) is 15.3. The fraction of sp³-hybridized carbons (Fsp3) is 0. The third-order valence-electron chi connectivity index (χ3n) is 8.34. The molecule has 2 heteroatoms. The van der Waals surface area contributed by atoms with Gasteiger partial charge >= 0.3 is 0 Å². The summed E-state index contributed by atoms with van der Waals surface area (Å²) in [5, 5.41) is 0.0634. The Hall–Kier alpha value is -6.25. The van der Waals surface area contributed by atoms with Crippen LogP contribution in [0.3, 0.4) is 0 Å². The van der Waals surface area contributed by atoms with Crippen molar-refractivity contribution in [2.75, 3.05) is 0 Å².